The second-order valence-corrected chi connectivity index (χ2v) is 5.83. The Morgan fingerprint density at radius 1 is 1.39 bits per heavy atom. The number of carbonyl (C=O) groups is 2. The summed E-state index contributed by atoms with van der Waals surface area (Å²) in [6, 6.07) is -0.751. The van der Waals surface area contributed by atoms with Crippen LogP contribution in [0.3, 0.4) is 0 Å². The molecule has 1 aliphatic rings. The van der Waals surface area contributed by atoms with E-state index in [1.807, 2.05) is 6.92 Å². The summed E-state index contributed by atoms with van der Waals surface area (Å²) >= 11 is 0. The van der Waals surface area contributed by atoms with Gasteiger partial charge in [0.2, 0.25) is 0 Å². The predicted octanol–water partition coefficient (Wildman–Crippen LogP) is 2.50. The predicted molar refractivity (Wildman–Crippen MR) is 67.4 cm³/mol. The minimum atomic E-state index is -0.945. The van der Waals surface area contributed by atoms with Gasteiger partial charge < -0.3 is 9.84 Å². The van der Waals surface area contributed by atoms with Crippen molar-refractivity contribution in [3.8, 4) is 0 Å². The third-order valence-electron chi connectivity index (χ3n) is 3.20. The highest BCUT2D eigenvalue weighted by atomic mass is 16.6. The zero-order valence-corrected chi connectivity index (χ0v) is 11.6. The van der Waals surface area contributed by atoms with Crippen LogP contribution in [-0.4, -0.2) is 40.3 Å². The Balaban J connectivity index is 2.74. The highest BCUT2D eigenvalue weighted by molar-refractivity contribution is 5.80. The van der Waals surface area contributed by atoms with Gasteiger partial charge in [-0.05, 0) is 39.5 Å². The van der Waals surface area contributed by atoms with Crippen LogP contribution in [0.5, 0.6) is 0 Å². The number of likely N-dealkylation sites (tertiary alicyclic amines) is 1. The van der Waals surface area contributed by atoms with Crippen LogP contribution in [0.25, 0.3) is 0 Å². The number of ether oxygens (including phenoxy) is 1. The Bertz CT molecular complexity index is 321. The second kappa shape index (κ2) is 5.59. The Morgan fingerprint density at radius 2 is 2.00 bits per heavy atom. The molecule has 5 nitrogen and oxygen atoms in total. The molecule has 0 aromatic carbocycles. The second-order valence-electron chi connectivity index (χ2n) is 5.83. The number of amides is 1. The fraction of sp³-hybridized carbons (Fsp3) is 0.846. The molecule has 1 heterocycles. The molecule has 1 fully saturated rings. The maximum absolute atomic E-state index is 12.0. The van der Waals surface area contributed by atoms with E-state index in [1.54, 1.807) is 20.8 Å². The molecule has 1 aliphatic heterocycles. The topological polar surface area (TPSA) is 66.8 Å². The summed E-state index contributed by atoms with van der Waals surface area (Å²) in [4.78, 5) is 24.6. The molecule has 0 aliphatic carbocycles. The van der Waals surface area contributed by atoms with Crippen LogP contribution >= 0.6 is 0 Å². The number of hydrogen-bond acceptors (Lipinski definition) is 3. The number of hydrogen-bond donors (Lipinski definition) is 1. The van der Waals surface area contributed by atoms with Crippen molar-refractivity contribution in [3.63, 3.8) is 0 Å². The zero-order chi connectivity index (χ0) is 13.9. The molecule has 0 spiro atoms. The molecule has 0 bridgehead atoms. The lowest BCUT2D eigenvalue weighted by atomic mass is 9.89. The van der Waals surface area contributed by atoms with Gasteiger partial charge in [0, 0.05) is 6.54 Å². The number of carbonyl (C=O) groups excluding carboxylic acids is 1. The maximum Gasteiger partial charge on any atom is 0.411 e. The van der Waals surface area contributed by atoms with Crippen molar-refractivity contribution in [2.24, 2.45) is 5.92 Å². The number of carboxylic acid groups (broad SMARTS) is 1. The fourth-order valence-electron chi connectivity index (χ4n) is 2.18. The molecule has 1 amide bonds. The summed E-state index contributed by atoms with van der Waals surface area (Å²) in [5, 5.41) is 9.22. The average Bonchev–Trinajstić information content (AvgIpc) is 2.25. The van der Waals surface area contributed by atoms with E-state index in [9.17, 15) is 14.7 Å². The normalized spacial score (nSPS) is 24.8. The van der Waals surface area contributed by atoms with Crippen LogP contribution in [0.2, 0.25) is 0 Å². The van der Waals surface area contributed by atoms with Gasteiger partial charge >= 0.3 is 12.1 Å². The van der Waals surface area contributed by atoms with Gasteiger partial charge in [0.1, 0.15) is 11.6 Å². The van der Waals surface area contributed by atoms with Crippen LogP contribution in [-0.2, 0) is 9.53 Å². The third kappa shape index (κ3) is 3.89. The number of aliphatic carboxylic acids is 1. The molecule has 0 aromatic rings. The quantitative estimate of drug-likeness (QED) is 0.825. The van der Waals surface area contributed by atoms with Gasteiger partial charge in [0.25, 0.3) is 0 Å². The number of nitrogens with zero attached hydrogens (tertiary/aromatic N) is 1. The standard InChI is InChI=1S/C13H23NO4/c1-5-9-6-7-14(10(8-9)11(15)16)12(17)18-13(2,3)4/h9-10H,5-8H2,1-4H3,(H,15,16)/t9?,10-/m0/s1. The van der Waals surface area contributed by atoms with Gasteiger partial charge in [-0.25, -0.2) is 9.59 Å². The molecule has 1 unspecified atom stereocenters. The summed E-state index contributed by atoms with van der Waals surface area (Å²) in [6.45, 7) is 7.84. The van der Waals surface area contributed by atoms with Crippen molar-refractivity contribution in [2.75, 3.05) is 6.54 Å². The van der Waals surface area contributed by atoms with Crippen molar-refractivity contribution < 1.29 is 19.4 Å². The van der Waals surface area contributed by atoms with Crippen LogP contribution < -0.4 is 0 Å². The highest BCUT2D eigenvalue weighted by Gasteiger charge is 2.37. The molecule has 1 saturated heterocycles. The molecule has 18 heavy (non-hydrogen) atoms. The summed E-state index contributed by atoms with van der Waals surface area (Å²) in [6.07, 6.45) is 1.79. The Morgan fingerprint density at radius 3 is 2.44 bits per heavy atom. The van der Waals surface area contributed by atoms with E-state index < -0.39 is 23.7 Å². The van der Waals surface area contributed by atoms with Crippen LogP contribution in [0.15, 0.2) is 0 Å². The number of carboxylic acids is 1. The first-order valence-corrected chi connectivity index (χ1v) is 6.47. The molecule has 0 radical (unpaired) electrons. The van der Waals surface area contributed by atoms with Crippen molar-refractivity contribution in [1.82, 2.24) is 4.90 Å². The lowest BCUT2D eigenvalue weighted by Crippen LogP contribution is -2.51. The van der Waals surface area contributed by atoms with E-state index in [4.69, 9.17) is 4.74 Å². The first kappa shape index (κ1) is 14.8. The first-order valence-electron chi connectivity index (χ1n) is 6.47. The van der Waals surface area contributed by atoms with Gasteiger partial charge in [-0.15, -0.1) is 0 Å². The van der Waals surface area contributed by atoms with E-state index >= 15 is 0 Å². The number of piperidine rings is 1. The summed E-state index contributed by atoms with van der Waals surface area (Å²) in [7, 11) is 0. The maximum atomic E-state index is 12.0. The molecular formula is C13H23NO4. The van der Waals surface area contributed by atoms with Gasteiger partial charge in [-0.3, -0.25) is 4.90 Å². The zero-order valence-electron chi connectivity index (χ0n) is 11.6. The SMILES string of the molecule is CCC1CCN(C(=O)OC(C)(C)C)[C@H](C(=O)O)C1. The fourth-order valence-corrected chi connectivity index (χ4v) is 2.18. The smallest absolute Gasteiger partial charge is 0.411 e. The van der Waals surface area contributed by atoms with Crippen molar-refractivity contribution in [3.05, 3.63) is 0 Å². The van der Waals surface area contributed by atoms with Crippen molar-refractivity contribution in [2.45, 2.75) is 58.6 Å². The monoisotopic (exact) mass is 257 g/mol. The molecular weight excluding hydrogens is 234 g/mol. The lowest BCUT2D eigenvalue weighted by Gasteiger charge is -2.37. The Hall–Kier alpha value is -1.26. The lowest BCUT2D eigenvalue weighted by molar-refractivity contribution is -0.145. The summed E-state index contributed by atoms with van der Waals surface area (Å²) in [5.74, 6) is -0.566. The van der Waals surface area contributed by atoms with Gasteiger partial charge in [-0.1, -0.05) is 13.3 Å². The third-order valence-corrected chi connectivity index (χ3v) is 3.20. The van der Waals surface area contributed by atoms with Crippen molar-refractivity contribution in [1.29, 1.82) is 0 Å². The Labute approximate surface area is 108 Å². The highest BCUT2D eigenvalue weighted by Crippen LogP contribution is 2.27. The number of rotatable bonds is 2. The van der Waals surface area contributed by atoms with E-state index in [0.717, 1.165) is 12.8 Å². The van der Waals surface area contributed by atoms with E-state index in [1.165, 1.54) is 4.90 Å². The first-order chi connectivity index (χ1) is 8.24. The molecule has 0 saturated carbocycles. The van der Waals surface area contributed by atoms with E-state index in [-0.39, 0.29) is 0 Å². The molecule has 0 aromatic heterocycles. The molecule has 1 rings (SSSR count). The molecule has 5 heteroatoms. The van der Waals surface area contributed by atoms with Crippen molar-refractivity contribution >= 4 is 12.1 Å². The van der Waals surface area contributed by atoms with Crippen LogP contribution in [0.1, 0.15) is 47.0 Å². The minimum Gasteiger partial charge on any atom is -0.480 e. The van der Waals surface area contributed by atoms with E-state index in [2.05, 4.69) is 0 Å². The average molecular weight is 257 g/mol. The summed E-state index contributed by atoms with van der Waals surface area (Å²) in [5.41, 5.74) is -0.595. The minimum absolute atomic E-state index is 0.379. The molecule has 2 atom stereocenters. The summed E-state index contributed by atoms with van der Waals surface area (Å²) < 4.78 is 5.25. The Kier molecular flexibility index (Phi) is 4.59. The molecule has 104 valence electrons. The van der Waals surface area contributed by atoms with E-state index in [0.29, 0.717) is 18.9 Å². The van der Waals surface area contributed by atoms with Crippen LogP contribution in [0, 0.1) is 5.92 Å². The van der Waals surface area contributed by atoms with Gasteiger partial charge in [-0.2, -0.15) is 0 Å². The van der Waals surface area contributed by atoms with Gasteiger partial charge in [0.05, 0.1) is 0 Å². The van der Waals surface area contributed by atoms with Gasteiger partial charge in [0.15, 0.2) is 0 Å². The molecule has 1 N–H and O–H groups in total. The largest absolute Gasteiger partial charge is 0.480 e. The van der Waals surface area contributed by atoms with Crippen LogP contribution in [0.4, 0.5) is 4.79 Å².